The van der Waals surface area contributed by atoms with Crippen molar-refractivity contribution in [3.63, 3.8) is 0 Å². The van der Waals surface area contributed by atoms with E-state index in [0.717, 1.165) is 5.56 Å². The van der Waals surface area contributed by atoms with Gasteiger partial charge in [0.2, 0.25) is 5.90 Å². The highest BCUT2D eigenvalue weighted by molar-refractivity contribution is 6.04. The maximum atomic E-state index is 10.7. The van der Waals surface area contributed by atoms with Crippen molar-refractivity contribution in [2.24, 2.45) is 4.99 Å². The molecule has 3 heteroatoms. The number of unbranched alkanes of at least 4 members (excludes halogenated alkanes) is 2. The Labute approximate surface area is 103 Å². The van der Waals surface area contributed by atoms with E-state index in [1.807, 2.05) is 30.3 Å². The molecule has 0 atom stereocenters. The number of hydrogen-bond acceptors (Lipinski definition) is 3. The Morgan fingerprint density at radius 2 is 1.82 bits per heavy atom. The van der Waals surface area contributed by atoms with Crippen molar-refractivity contribution in [3.05, 3.63) is 35.9 Å². The molecule has 1 heterocycles. The van der Waals surface area contributed by atoms with Gasteiger partial charge in [-0.25, -0.2) is 9.79 Å². The summed E-state index contributed by atoms with van der Waals surface area (Å²) in [7, 11) is 0. The lowest BCUT2D eigenvalue weighted by Crippen LogP contribution is -2.05. The molecule has 0 N–H and O–H groups in total. The van der Waals surface area contributed by atoms with Crippen molar-refractivity contribution < 1.29 is 9.53 Å². The zero-order valence-corrected chi connectivity index (χ0v) is 10.5. The van der Waals surface area contributed by atoms with Crippen LogP contribution in [0.4, 0.5) is 0 Å². The molecule has 3 nitrogen and oxygen atoms in total. The van der Waals surface area contributed by atoms with Crippen molar-refractivity contribution in [2.75, 3.05) is 6.54 Å². The lowest BCUT2D eigenvalue weighted by Gasteiger charge is -1.97. The largest absolute Gasteiger partial charge is 0.406 e. The molecule has 0 bridgehead atoms. The zero-order valence-electron chi connectivity index (χ0n) is 10.5. The van der Waals surface area contributed by atoms with Gasteiger partial charge in [-0.1, -0.05) is 51.3 Å². The number of nitrogens with zero attached hydrogens (tertiary/aromatic N) is 1. The second-order valence-electron chi connectivity index (χ2n) is 3.82. The minimum absolute atomic E-state index is 0.143. The van der Waals surface area contributed by atoms with Crippen LogP contribution in [0.15, 0.2) is 35.3 Å². The molecular weight excluding hydrogens is 214 g/mol. The van der Waals surface area contributed by atoms with E-state index in [9.17, 15) is 4.79 Å². The minimum Gasteiger partial charge on any atom is -0.406 e. The molecule has 0 spiro atoms. The summed E-state index contributed by atoms with van der Waals surface area (Å²) in [5.74, 6) is 0.148. The number of rotatable bonds is 3. The summed E-state index contributed by atoms with van der Waals surface area (Å²) >= 11 is 0. The van der Waals surface area contributed by atoms with Crippen LogP contribution in [0.3, 0.4) is 0 Å². The SMILES string of the molecule is CCCCC.O=C1CN=C(c2ccccc2)O1. The number of carbonyl (C=O) groups excluding carboxylic acids is 1. The Morgan fingerprint density at radius 1 is 1.18 bits per heavy atom. The Balaban J connectivity index is 0.000000249. The molecule has 0 aliphatic carbocycles. The highest BCUT2D eigenvalue weighted by Crippen LogP contribution is 2.07. The number of aliphatic imine (C=N–C) groups is 1. The van der Waals surface area contributed by atoms with Crippen LogP contribution in [0, 0.1) is 0 Å². The smallest absolute Gasteiger partial charge is 0.334 e. The van der Waals surface area contributed by atoms with Crippen LogP contribution in [-0.4, -0.2) is 18.4 Å². The highest BCUT2D eigenvalue weighted by Gasteiger charge is 2.16. The first-order valence-electron chi connectivity index (χ1n) is 6.08. The molecule has 92 valence electrons. The molecule has 0 radical (unpaired) electrons. The van der Waals surface area contributed by atoms with Gasteiger partial charge in [-0.15, -0.1) is 0 Å². The molecule has 2 rings (SSSR count). The predicted octanol–water partition coefficient (Wildman–Crippen LogP) is 3.19. The molecule has 0 fully saturated rings. The third kappa shape index (κ3) is 4.81. The minimum atomic E-state index is -0.283. The fourth-order valence-corrected chi connectivity index (χ4v) is 1.39. The maximum Gasteiger partial charge on any atom is 0.334 e. The normalized spacial score (nSPS) is 13.5. The van der Waals surface area contributed by atoms with Crippen molar-refractivity contribution in [2.45, 2.75) is 33.1 Å². The van der Waals surface area contributed by atoms with Gasteiger partial charge in [-0.05, 0) is 12.1 Å². The van der Waals surface area contributed by atoms with E-state index < -0.39 is 0 Å². The van der Waals surface area contributed by atoms with E-state index in [1.54, 1.807) is 0 Å². The molecule has 0 saturated heterocycles. The number of benzene rings is 1. The summed E-state index contributed by atoms with van der Waals surface area (Å²) in [6.45, 7) is 4.57. The first-order valence-corrected chi connectivity index (χ1v) is 6.08. The van der Waals surface area contributed by atoms with Crippen LogP contribution in [0.5, 0.6) is 0 Å². The fourth-order valence-electron chi connectivity index (χ4n) is 1.39. The third-order valence-electron chi connectivity index (χ3n) is 2.29. The van der Waals surface area contributed by atoms with Gasteiger partial charge in [0, 0.05) is 5.56 Å². The lowest BCUT2D eigenvalue weighted by atomic mass is 10.2. The Hall–Kier alpha value is -1.64. The summed E-state index contributed by atoms with van der Waals surface area (Å²) in [6.07, 6.45) is 4.08. The van der Waals surface area contributed by atoms with Crippen LogP contribution >= 0.6 is 0 Å². The molecule has 1 aromatic rings. The van der Waals surface area contributed by atoms with E-state index in [2.05, 4.69) is 18.8 Å². The lowest BCUT2D eigenvalue weighted by molar-refractivity contribution is -0.132. The Morgan fingerprint density at radius 3 is 2.24 bits per heavy atom. The van der Waals surface area contributed by atoms with E-state index in [-0.39, 0.29) is 12.5 Å². The van der Waals surface area contributed by atoms with Gasteiger partial charge in [0.25, 0.3) is 0 Å². The van der Waals surface area contributed by atoms with Gasteiger partial charge < -0.3 is 4.74 Å². The van der Waals surface area contributed by atoms with Crippen molar-refractivity contribution in [3.8, 4) is 0 Å². The fraction of sp³-hybridized carbons (Fsp3) is 0.429. The zero-order chi connectivity index (χ0) is 12.5. The van der Waals surface area contributed by atoms with Gasteiger partial charge in [0.1, 0.15) is 6.54 Å². The van der Waals surface area contributed by atoms with E-state index in [1.165, 1.54) is 19.3 Å². The number of carbonyl (C=O) groups is 1. The second kappa shape index (κ2) is 7.60. The molecule has 0 amide bonds. The van der Waals surface area contributed by atoms with E-state index in [0.29, 0.717) is 5.90 Å². The van der Waals surface area contributed by atoms with Crippen molar-refractivity contribution in [1.29, 1.82) is 0 Å². The third-order valence-corrected chi connectivity index (χ3v) is 2.29. The summed E-state index contributed by atoms with van der Waals surface area (Å²) in [5.41, 5.74) is 0.850. The van der Waals surface area contributed by atoms with Crippen LogP contribution in [0.1, 0.15) is 38.7 Å². The predicted molar refractivity (Wildman–Crippen MR) is 69.1 cm³/mol. The van der Waals surface area contributed by atoms with E-state index in [4.69, 9.17) is 4.74 Å². The first-order chi connectivity index (χ1) is 8.27. The summed E-state index contributed by atoms with van der Waals surface area (Å²) in [6, 6.07) is 9.38. The summed E-state index contributed by atoms with van der Waals surface area (Å²) in [4.78, 5) is 14.6. The van der Waals surface area contributed by atoms with Gasteiger partial charge in [-0.2, -0.15) is 0 Å². The molecule has 1 aromatic carbocycles. The van der Waals surface area contributed by atoms with Gasteiger partial charge in [0.15, 0.2) is 0 Å². The average Bonchev–Trinajstić information content (AvgIpc) is 2.79. The van der Waals surface area contributed by atoms with Gasteiger partial charge in [0.05, 0.1) is 0 Å². The molecule has 0 aromatic heterocycles. The molecule has 0 unspecified atom stereocenters. The van der Waals surface area contributed by atoms with Crippen LogP contribution < -0.4 is 0 Å². The quantitative estimate of drug-likeness (QED) is 0.752. The standard InChI is InChI=1S/C9H7NO2.C5H12/c11-8-6-10-9(12-8)7-4-2-1-3-5-7;1-3-5-4-2/h1-5H,6H2;3-5H2,1-2H3. The number of ether oxygens (including phenoxy) is 1. The molecular formula is C14H19NO2. The number of hydrogen-bond donors (Lipinski definition) is 0. The van der Waals surface area contributed by atoms with Crippen molar-refractivity contribution >= 4 is 11.9 Å². The molecule has 0 saturated carbocycles. The number of esters is 1. The molecule has 17 heavy (non-hydrogen) atoms. The average molecular weight is 233 g/mol. The van der Waals surface area contributed by atoms with Gasteiger partial charge >= 0.3 is 5.97 Å². The molecule has 1 aliphatic heterocycles. The monoisotopic (exact) mass is 233 g/mol. The second-order valence-corrected chi connectivity index (χ2v) is 3.82. The highest BCUT2D eigenvalue weighted by atomic mass is 16.6. The molecule has 1 aliphatic rings. The maximum absolute atomic E-state index is 10.7. The Bertz CT molecular complexity index is 369. The van der Waals surface area contributed by atoms with E-state index >= 15 is 0 Å². The topological polar surface area (TPSA) is 38.7 Å². The Kier molecular flexibility index (Phi) is 6.00. The number of cyclic esters (lactones) is 1. The van der Waals surface area contributed by atoms with Crippen LogP contribution in [-0.2, 0) is 9.53 Å². The van der Waals surface area contributed by atoms with Gasteiger partial charge in [-0.3, -0.25) is 0 Å². The van der Waals surface area contributed by atoms with Crippen LogP contribution in [0.2, 0.25) is 0 Å². The summed E-state index contributed by atoms with van der Waals surface area (Å²) in [5, 5.41) is 0. The first kappa shape index (κ1) is 13.4. The van der Waals surface area contributed by atoms with Crippen molar-refractivity contribution in [1.82, 2.24) is 0 Å². The van der Waals surface area contributed by atoms with Crippen LogP contribution in [0.25, 0.3) is 0 Å². The summed E-state index contributed by atoms with van der Waals surface area (Å²) < 4.78 is 4.86.